The fraction of sp³-hybridized carbons (Fsp3) is 0.176. The monoisotopic (exact) mass is 380 g/mol. The maximum atomic E-state index is 13.6. The Balaban J connectivity index is 2.15. The van der Waals surface area contributed by atoms with Gasteiger partial charge in [-0.25, -0.2) is 13.6 Å². The molecule has 0 unspecified atom stereocenters. The minimum Gasteiger partial charge on any atom is -0.495 e. The van der Waals surface area contributed by atoms with Crippen molar-refractivity contribution in [3.05, 3.63) is 63.7 Å². The van der Waals surface area contributed by atoms with Crippen LogP contribution in [0.1, 0.15) is 17.3 Å². The van der Waals surface area contributed by atoms with Gasteiger partial charge in [0.05, 0.1) is 17.7 Å². The van der Waals surface area contributed by atoms with Gasteiger partial charge in [0.1, 0.15) is 22.9 Å². The first-order valence-electron chi connectivity index (χ1n) is 7.53. The maximum Gasteiger partial charge on any atom is 0.344 e. The smallest absolute Gasteiger partial charge is 0.344 e. The van der Waals surface area contributed by atoms with Crippen molar-refractivity contribution < 1.29 is 32.8 Å². The van der Waals surface area contributed by atoms with Crippen molar-refractivity contribution in [3.8, 4) is 5.75 Å². The zero-order valence-electron chi connectivity index (χ0n) is 14.2. The second-order valence-electron chi connectivity index (χ2n) is 5.28. The Morgan fingerprint density at radius 1 is 1.19 bits per heavy atom. The van der Waals surface area contributed by atoms with Crippen LogP contribution in [0.3, 0.4) is 0 Å². The molecular formula is C17H14F2N2O6. The van der Waals surface area contributed by atoms with Crippen molar-refractivity contribution in [1.82, 2.24) is 0 Å². The summed E-state index contributed by atoms with van der Waals surface area (Å²) in [6, 6.07) is 6.34. The van der Waals surface area contributed by atoms with Gasteiger partial charge in [-0.15, -0.1) is 0 Å². The molecule has 0 spiro atoms. The summed E-state index contributed by atoms with van der Waals surface area (Å²) in [5.74, 6) is -4.37. The van der Waals surface area contributed by atoms with Gasteiger partial charge in [-0.2, -0.15) is 0 Å². The molecule has 0 fully saturated rings. The average Bonchev–Trinajstić information content (AvgIpc) is 2.61. The highest BCUT2D eigenvalue weighted by Crippen LogP contribution is 2.29. The quantitative estimate of drug-likeness (QED) is 0.469. The highest BCUT2D eigenvalue weighted by atomic mass is 19.1. The number of amides is 1. The van der Waals surface area contributed by atoms with E-state index in [0.717, 1.165) is 24.3 Å². The number of carbonyl (C=O) groups is 2. The molecular weight excluding hydrogens is 366 g/mol. The minimum absolute atomic E-state index is 0.0309. The van der Waals surface area contributed by atoms with E-state index in [2.05, 4.69) is 5.32 Å². The molecule has 1 N–H and O–H groups in total. The van der Waals surface area contributed by atoms with E-state index < -0.39 is 40.1 Å². The molecule has 27 heavy (non-hydrogen) atoms. The SMILES string of the molecule is COc1ccc([N+](=O)[O-])cc1NC(=O)[C@@H](C)OC(=O)c1c(F)cccc1F. The summed E-state index contributed by atoms with van der Waals surface area (Å²) in [5, 5.41) is 13.2. The third-order valence-electron chi connectivity index (χ3n) is 3.47. The van der Waals surface area contributed by atoms with Gasteiger partial charge in [0, 0.05) is 12.1 Å². The molecule has 1 amide bonds. The van der Waals surface area contributed by atoms with Gasteiger partial charge in [0.15, 0.2) is 6.10 Å². The summed E-state index contributed by atoms with van der Waals surface area (Å²) in [6.07, 6.45) is -1.44. The molecule has 1 atom stereocenters. The number of methoxy groups -OCH3 is 1. The summed E-state index contributed by atoms with van der Waals surface area (Å²) in [7, 11) is 1.29. The number of ether oxygens (including phenoxy) is 2. The van der Waals surface area contributed by atoms with Gasteiger partial charge >= 0.3 is 5.97 Å². The third kappa shape index (κ3) is 4.54. The van der Waals surface area contributed by atoms with Crippen LogP contribution in [-0.2, 0) is 9.53 Å². The predicted octanol–water partition coefficient (Wildman–Crippen LogP) is 3.07. The number of carbonyl (C=O) groups excluding carboxylic acids is 2. The second kappa shape index (κ2) is 8.21. The molecule has 8 nitrogen and oxygen atoms in total. The third-order valence-corrected chi connectivity index (χ3v) is 3.47. The van der Waals surface area contributed by atoms with Crippen LogP contribution < -0.4 is 10.1 Å². The molecule has 0 bridgehead atoms. The van der Waals surface area contributed by atoms with Crippen LogP contribution in [0.4, 0.5) is 20.2 Å². The molecule has 0 saturated heterocycles. The first kappa shape index (κ1) is 19.8. The lowest BCUT2D eigenvalue weighted by molar-refractivity contribution is -0.384. The molecule has 0 aromatic heterocycles. The standard InChI is InChI=1S/C17H14F2N2O6/c1-9(27-17(23)15-11(18)4-3-5-12(15)19)16(22)20-13-8-10(21(24)25)6-7-14(13)26-2/h3-9H,1-2H3,(H,20,22)/t9-/m1/s1. The van der Waals surface area contributed by atoms with Crippen molar-refractivity contribution >= 4 is 23.3 Å². The van der Waals surface area contributed by atoms with Gasteiger partial charge in [0.2, 0.25) is 0 Å². The number of non-ortho nitro benzene ring substituents is 1. The number of nitro groups is 1. The van der Waals surface area contributed by atoms with Gasteiger partial charge in [-0.3, -0.25) is 14.9 Å². The van der Waals surface area contributed by atoms with E-state index in [1.807, 2.05) is 0 Å². The molecule has 142 valence electrons. The van der Waals surface area contributed by atoms with E-state index in [1.54, 1.807) is 0 Å². The van der Waals surface area contributed by atoms with Crippen molar-refractivity contribution in [3.63, 3.8) is 0 Å². The van der Waals surface area contributed by atoms with Crippen LogP contribution in [0.2, 0.25) is 0 Å². The zero-order valence-corrected chi connectivity index (χ0v) is 14.2. The Morgan fingerprint density at radius 2 is 1.81 bits per heavy atom. The van der Waals surface area contributed by atoms with Crippen LogP contribution in [0.15, 0.2) is 36.4 Å². The molecule has 0 radical (unpaired) electrons. The highest BCUT2D eigenvalue weighted by molar-refractivity contribution is 5.98. The van der Waals surface area contributed by atoms with Gasteiger partial charge < -0.3 is 14.8 Å². The lowest BCUT2D eigenvalue weighted by Gasteiger charge is -2.15. The maximum absolute atomic E-state index is 13.6. The van der Waals surface area contributed by atoms with Crippen LogP contribution in [0.5, 0.6) is 5.75 Å². The summed E-state index contributed by atoms with van der Waals surface area (Å²) < 4.78 is 37.0. The number of benzene rings is 2. The minimum atomic E-state index is -1.44. The van der Waals surface area contributed by atoms with E-state index in [9.17, 15) is 28.5 Å². The molecule has 0 saturated carbocycles. The van der Waals surface area contributed by atoms with Crippen LogP contribution in [0.25, 0.3) is 0 Å². The summed E-state index contributed by atoms with van der Waals surface area (Å²) in [5.41, 5.74) is -1.26. The fourth-order valence-electron chi connectivity index (χ4n) is 2.11. The Hall–Kier alpha value is -3.56. The van der Waals surface area contributed by atoms with Crippen molar-refractivity contribution in [2.24, 2.45) is 0 Å². The largest absolute Gasteiger partial charge is 0.495 e. The van der Waals surface area contributed by atoms with Crippen LogP contribution >= 0.6 is 0 Å². The number of hydrogen-bond donors (Lipinski definition) is 1. The normalized spacial score (nSPS) is 11.4. The van der Waals surface area contributed by atoms with Crippen molar-refractivity contribution in [2.75, 3.05) is 12.4 Å². The number of nitro benzene ring substituents is 1. The molecule has 10 heteroatoms. The van der Waals surface area contributed by atoms with Crippen LogP contribution in [0, 0.1) is 21.7 Å². The number of anilines is 1. The molecule has 2 rings (SSSR count). The zero-order chi connectivity index (χ0) is 20.1. The second-order valence-corrected chi connectivity index (χ2v) is 5.28. The van der Waals surface area contributed by atoms with E-state index in [1.165, 1.54) is 26.2 Å². The Kier molecular flexibility index (Phi) is 6.01. The predicted molar refractivity (Wildman–Crippen MR) is 89.5 cm³/mol. The molecule has 0 heterocycles. The van der Waals surface area contributed by atoms with Gasteiger partial charge in [-0.05, 0) is 25.1 Å². The lowest BCUT2D eigenvalue weighted by atomic mass is 10.2. The van der Waals surface area contributed by atoms with E-state index in [0.29, 0.717) is 0 Å². The molecule has 2 aromatic carbocycles. The number of esters is 1. The first-order valence-corrected chi connectivity index (χ1v) is 7.53. The Bertz CT molecular complexity index is 883. The topological polar surface area (TPSA) is 108 Å². The summed E-state index contributed by atoms with van der Waals surface area (Å²) in [4.78, 5) is 34.3. The highest BCUT2D eigenvalue weighted by Gasteiger charge is 2.25. The molecule has 0 aliphatic heterocycles. The number of hydrogen-bond acceptors (Lipinski definition) is 6. The average molecular weight is 380 g/mol. The van der Waals surface area contributed by atoms with E-state index in [-0.39, 0.29) is 17.1 Å². The Morgan fingerprint density at radius 3 is 2.37 bits per heavy atom. The summed E-state index contributed by atoms with van der Waals surface area (Å²) in [6.45, 7) is 1.18. The van der Waals surface area contributed by atoms with E-state index >= 15 is 0 Å². The van der Waals surface area contributed by atoms with E-state index in [4.69, 9.17) is 9.47 Å². The number of rotatable bonds is 6. The van der Waals surface area contributed by atoms with Gasteiger partial charge in [-0.1, -0.05) is 6.07 Å². The molecule has 0 aliphatic carbocycles. The fourth-order valence-corrected chi connectivity index (χ4v) is 2.11. The van der Waals surface area contributed by atoms with Crippen molar-refractivity contribution in [1.29, 1.82) is 0 Å². The molecule has 0 aliphatic rings. The first-order chi connectivity index (χ1) is 12.7. The Labute approximate surface area is 151 Å². The van der Waals surface area contributed by atoms with Gasteiger partial charge in [0.25, 0.3) is 11.6 Å². The summed E-state index contributed by atoms with van der Waals surface area (Å²) >= 11 is 0. The lowest BCUT2D eigenvalue weighted by Crippen LogP contribution is -2.30. The molecule has 2 aromatic rings. The number of nitrogens with zero attached hydrogens (tertiary/aromatic N) is 1. The number of halogens is 2. The van der Waals surface area contributed by atoms with Crippen LogP contribution in [-0.4, -0.2) is 30.0 Å². The number of nitrogens with one attached hydrogen (secondary N) is 1. The van der Waals surface area contributed by atoms with Crippen molar-refractivity contribution in [2.45, 2.75) is 13.0 Å².